The number of benzene rings is 3. The van der Waals surface area contributed by atoms with Crippen molar-refractivity contribution < 1.29 is 22.7 Å². The minimum absolute atomic E-state index is 0.0376. The highest BCUT2D eigenvalue weighted by molar-refractivity contribution is 7.92. The summed E-state index contributed by atoms with van der Waals surface area (Å²) in [5.41, 5.74) is 1.87. The van der Waals surface area contributed by atoms with Crippen LogP contribution in [0.15, 0.2) is 71.6 Å². The van der Waals surface area contributed by atoms with Gasteiger partial charge in [0.15, 0.2) is 11.7 Å². The Labute approximate surface area is 208 Å². The first-order chi connectivity index (χ1) is 16.2. The van der Waals surface area contributed by atoms with E-state index in [2.05, 4.69) is 15.4 Å². The number of carbonyl (C=O) groups is 1. The molecular formula is C23H22ClN3O5S2. The number of ether oxygens (including phenoxy) is 2. The molecular weight excluding hydrogens is 498 g/mol. The van der Waals surface area contributed by atoms with E-state index in [0.29, 0.717) is 27.9 Å². The van der Waals surface area contributed by atoms with E-state index in [0.717, 1.165) is 5.56 Å². The first kappa shape index (κ1) is 25.3. The van der Waals surface area contributed by atoms with Crippen LogP contribution in [0.1, 0.15) is 5.56 Å². The molecule has 0 unspecified atom stereocenters. The zero-order chi connectivity index (χ0) is 24.7. The standard InChI is InChI=1S/C23H22ClN3O5S2/c1-15-3-12-21(20(24)13-15)32-14-22(28)26-23(33)25-16-6-10-19(11-7-16)34(29,30)27-17-4-8-18(31-2)9-5-17/h3-13,27H,14H2,1-2H3,(H2,25,26,28,33). The number of nitrogens with one attached hydrogen (secondary N) is 3. The maximum atomic E-state index is 12.6. The molecule has 3 rings (SSSR count). The predicted octanol–water partition coefficient (Wildman–Crippen LogP) is 4.35. The van der Waals surface area contributed by atoms with Gasteiger partial charge in [-0.05, 0) is 85.4 Å². The number of hydrogen-bond donors (Lipinski definition) is 3. The van der Waals surface area contributed by atoms with E-state index in [-0.39, 0.29) is 16.6 Å². The number of methoxy groups -OCH3 is 1. The van der Waals surface area contributed by atoms with Crippen LogP contribution in [0, 0.1) is 6.92 Å². The Morgan fingerprint density at radius 3 is 2.26 bits per heavy atom. The summed E-state index contributed by atoms with van der Waals surface area (Å²) in [7, 11) is -2.26. The van der Waals surface area contributed by atoms with Gasteiger partial charge in [0, 0.05) is 11.4 Å². The van der Waals surface area contributed by atoms with Gasteiger partial charge in [0.1, 0.15) is 11.5 Å². The van der Waals surface area contributed by atoms with Gasteiger partial charge in [-0.3, -0.25) is 14.8 Å². The molecule has 0 radical (unpaired) electrons. The number of amides is 1. The molecule has 3 aromatic rings. The molecule has 0 saturated heterocycles. The zero-order valence-electron chi connectivity index (χ0n) is 18.3. The van der Waals surface area contributed by atoms with Crippen molar-refractivity contribution in [2.75, 3.05) is 23.8 Å². The van der Waals surface area contributed by atoms with E-state index >= 15 is 0 Å². The lowest BCUT2D eigenvalue weighted by Gasteiger charge is -2.12. The van der Waals surface area contributed by atoms with Gasteiger partial charge in [-0.15, -0.1) is 0 Å². The summed E-state index contributed by atoms with van der Waals surface area (Å²) < 4.78 is 38.2. The summed E-state index contributed by atoms with van der Waals surface area (Å²) in [6, 6.07) is 17.6. The third-order valence-corrected chi connectivity index (χ3v) is 6.36. The molecule has 8 nitrogen and oxygen atoms in total. The molecule has 1 amide bonds. The maximum absolute atomic E-state index is 12.6. The molecule has 0 aromatic heterocycles. The van der Waals surface area contributed by atoms with Gasteiger partial charge in [-0.1, -0.05) is 17.7 Å². The van der Waals surface area contributed by atoms with E-state index in [1.54, 1.807) is 36.4 Å². The van der Waals surface area contributed by atoms with Crippen molar-refractivity contribution in [3.8, 4) is 11.5 Å². The second-order valence-electron chi connectivity index (χ2n) is 7.08. The van der Waals surface area contributed by atoms with Crippen LogP contribution in [0.5, 0.6) is 11.5 Å². The molecule has 178 valence electrons. The fourth-order valence-electron chi connectivity index (χ4n) is 2.78. The van der Waals surface area contributed by atoms with Crippen molar-refractivity contribution >= 4 is 56.2 Å². The number of anilines is 2. The second kappa shape index (κ2) is 11.2. The van der Waals surface area contributed by atoms with Crippen molar-refractivity contribution in [3.63, 3.8) is 0 Å². The van der Waals surface area contributed by atoms with Crippen LogP contribution in [0.25, 0.3) is 0 Å². The average molecular weight is 520 g/mol. The van der Waals surface area contributed by atoms with Crippen LogP contribution in [0.3, 0.4) is 0 Å². The van der Waals surface area contributed by atoms with Gasteiger partial charge in [-0.2, -0.15) is 0 Å². The predicted molar refractivity (Wildman–Crippen MR) is 136 cm³/mol. The number of thiocarbonyl (C=S) groups is 1. The SMILES string of the molecule is COc1ccc(NS(=O)(=O)c2ccc(NC(=S)NC(=O)COc3ccc(C)cc3Cl)cc2)cc1. The highest BCUT2D eigenvalue weighted by atomic mass is 35.5. The van der Waals surface area contributed by atoms with Gasteiger partial charge in [0.2, 0.25) is 0 Å². The molecule has 0 aliphatic carbocycles. The molecule has 0 saturated carbocycles. The Bertz CT molecular complexity index is 1280. The van der Waals surface area contributed by atoms with E-state index in [9.17, 15) is 13.2 Å². The van der Waals surface area contributed by atoms with Crippen molar-refractivity contribution in [3.05, 3.63) is 77.3 Å². The van der Waals surface area contributed by atoms with E-state index in [1.165, 1.54) is 31.4 Å². The number of rotatable bonds is 8. The quantitative estimate of drug-likeness (QED) is 0.380. The Hall–Kier alpha value is -3.34. The number of hydrogen-bond acceptors (Lipinski definition) is 6. The van der Waals surface area contributed by atoms with E-state index in [1.807, 2.05) is 13.0 Å². The molecule has 0 heterocycles. The summed E-state index contributed by atoms with van der Waals surface area (Å²) in [4.78, 5) is 12.2. The lowest BCUT2D eigenvalue weighted by molar-refractivity contribution is -0.121. The largest absolute Gasteiger partial charge is 0.497 e. The molecule has 0 spiro atoms. The fourth-order valence-corrected chi connectivity index (χ4v) is 4.36. The highest BCUT2D eigenvalue weighted by Crippen LogP contribution is 2.25. The van der Waals surface area contributed by atoms with Crippen molar-refractivity contribution in [2.45, 2.75) is 11.8 Å². The third kappa shape index (κ3) is 7.08. The third-order valence-electron chi connectivity index (χ3n) is 4.46. The van der Waals surface area contributed by atoms with Crippen LogP contribution >= 0.6 is 23.8 Å². The van der Waals surface area contributed by atoms with Gasteiger partial charge >= 0.3 is 0 Å². The second-order valence-corrected chi connectivity index (χ2v) is 9.58. The lowest BCUT2D eigenvalue weighted by atomic mass is 10.2. The summed E-state index contributed by atoms with van der Waals surface area (Å²) in [5, 5.41) is 5.75. The molecule has 3 aromatic carbocycles. The van der Waals surface area contributed by atoms with Crippen molar-refractivity contribution in [1.82, 2.24) is 5.32 Å². The maximum Gasteiger partial charge on any atom is 0.264 e. The van der Waals surface area contributed by atoms with Gasteiger partial charge < -0.3 is 14.8 Å². The fraction of sp³-hybridized carbons (Fsp3) is 0.130. The molecule has 0 fully saturated rings. The average Bonchev–Trinajstić information content (AvgIpc) is 2.79. The number of aryl methyl sites for hydroxylation is 1. The van der Waals surface area contributed by atoms with Crippen LogP contribution < -0.4 is 24.8 Å². The molecule has 3 N–H and O–H groups in total. The molecule has 0 bridgehead atoms. The Morgan fingerprint density at radius 1 is 1.00 bits per heavy atom. The van der Waals surface area contributed by atoms with Crippen molar-refractivity contribution in [2.24, 2.45) is 0 Å². The number of halogens is 1. The zero-order valence-corrected chi connectivity index (χ0v) is 20.7. The molecule has 0 aliphatic rings. The van der Waals surface area contributed by atoms with Crippen LogP contribution in [0.2, 0.25) is 5.02 Å². The first-order valence-electron chi connectivity index (χ1n) is 9.93. The summed E-state index contributed by atoms with van der Waals surface area (Å²) in [6.45, 7) is 1.62. The number of carbonyl (C=O) groups excluding carboxylic acids is 1. The Morgan fingerprint density at radius 2 is 1.65 bits per heavy atom. The van der Waals surface area contributed by atoms with Crippen LogP contribution in [-0.4, -0.2) is 33.2 Å². The molecule has 34 heavy (non-hydrogen) atoms. The smallest absolute Gasteiger partial charge is 0.264 e. The minimum Gasteiger partial charge on any atom is -0.497 e. The Balaban J connectivity index is 1.52. The van der Waals surface area contributed by atoms with E-state index < -0.39 is 15.9 Å². The van der Waals surface area contributed by atoms with Crippen LogP contribution in [0.4, 0.5) is 11.4 Å². The minimum atomic E-state index is -3.79. The van der Waals surface area contributed by atoms with Crippen molar-refractivity contribution in [1.29, 1.82) is 0 Å². The van der Waals surface area contributed by atoms with Gasteiger partial charge in [-0.25, -0.2) is 8.42 Å². The van der Waals surface area contributed by atoms with Gasteiger partial charge in [0.25, 0.3) is 15.9 Å². The summed E-state index contributed by atoms with van der Waals surface area (Å²) in [6.07, 6.45) is 0. The highest BCUT2D eigenvalue weighted by Gasteiger charge is 2.15. The number of sulfonamides is 1. The first-order valence-corrected chi connectivity index (χ1v) is 12.2. The van der Waals surface area contributed by atoms with Crippen LogP contribution in [-0.2, 0) is 14.8 Å². The topological polar surface area (TPSA) is 106 Å². The molecule has 0 atom stereocenters. The monoisotopic (exact) mass is 519 g/mol. The Kier molecular flexibility index (Phi) is 8.32. The summed E-state index contributed by atoms with van der Waals surface area (Å²) in [5.74, 6) is 0.533. The lowest BCUT2D eigenvalue weighted by Crippen LogP contribution is -2.37. The van der Waals surface area contributed by atoms with Gasteiger partial charge in [0.05, 0.1) is 17.0 Å². The normalized spacial score (nSPS) is 10.8. The van der Waals surface area contributed by atoms with E-state index in [4.69, 9.17) is 33.3 Å². The molecule has 11 heteroatoms. The molecule has 0 aliphatic heterocycles. The summed E-state index contributed by atoms with van der Waals surface area (Å²) >= 11 is 11.2.